The second kappa shape index (κ2) is 4.97. The lowest BCUT2D eigenvalue weighted by molar-refractivity contribution is 0.270. The van der Waals surface area contributed by atoms with Crippen molar-refractivity contribution in [3.63, 3.8) is 0 Å². The zero-order valence-corrected chi connectivity index (χ0v) is 12.7. The number of sulfonamides is 1. The number of rotatable bonds is 4. The van der Waals surface area contributed by atoms with Gasteiger partial charge in [-0.3, -0.25) is 0 Å². The Morgan fingerprint density at radius 3 is 2.71 bits per heavy atom. The molecule has 1 saturated carbocycles. The molecule has 1 aliphatic carbocycles. The summed E-state index contributed by atoms with van der Waals surface area (Å²) < 4.78 is 27.6. The van der Waals surface area contributed by atoms with E-state index < -0.39 is 10.0 Å². The van der Waals surface area contributed by atoms with Gasteiger partial charge in [0.15, 0.2) is 0 Å². The first-order valence-corrected chi connectivity index (χ1v) is 8.52. The maximum absolute atomic E-state index is 12.1. The minimum Gasteiger partial charge on any atom is -0.326 e. The molecule has 1 aliphatic rings. The minimum atomic E-state index is -3.41. The van der Waals surface area contributed by atoms with Crippen LogP contribution in [0.5, 0.6) is 0 Å². The van der Waals surface area contributed by atoms with E-state index in [2.05, 4.69) is 27.6 Å². The van der Waals surface area contributed by atoms with E-state index in [1.807, 2.05) is 0 Å². The molecule has 2 rings (SSSR count). The fraction of sp³-hybridized carbons (Fsp3) is 0.600. The smallest absolute Gasteiger partial charge is 0.242 e. The molecular formula is C10H15BrN2O2S2. The molecule has 1 aromatic rings. The zero-order chi connectivity index (χ0) is 12.6. The van der Waals surface area contributed by atoms with Crippen LogP contribution < -0.4 is 10.5 Å². The highest BCUT2D eigenvalue weighted by Gasteiger charge is 2.31. The van der Waals surface area contributed by atoms with Crippen LogP contribution in [0.4, 0.5) is 0 Å². The van der Waals surface area contributed by atoms with Gasteiger partial charge in [-0.15, -0.1) is 11.3 Å². The molecular weight excluding hydrogens is 324 g/mol. The van der Waals surface area contributed by atoms with Crippen LogP contribution in [0.15, 0.2) is 14.7 Å². The third-order valence-corrected chi connectivity index (χ3v) is 6.69. The molecule has 0 unspecified atom stereocenters. The first-order valence-electron chi connectivity index (χ1n) is 5.43. The van der Waals surface area contributed by atoms with Crippen molar-refractivity contribution in [3.8, 4) is 0 Å². The number of hydrogen-bond donors (Lipinski definition) is 2. The van der Waals surface area contributed by atoms with E-state index in [4.69, 9.17) is 5.73 Å². The molecule has 0 amide bonds. The van der Waals surface area contributed by atoms with Crippen molar-refractivity contribution in [2.45, 2.75) is 37.2 Å². The Morgan fingerprint density at radius 2 is 2.24 bits per heavy atom. The Hall–Kier alpha value is 0.0500. The lowest BCUT2D eigenvalue weighted by Crippen LogP contribution is -2.43. The van der Waals surface area contributed by atoms with Crippen LogP contribution in [-0.4, -0.2) is 14.5 Å². The Kier molecular flexibility index (Phi) is 3.94. The third kappa shape index (κ3) is 2.90. The highest BCUT2D eigenvalue weighted by molar-refractivity contribution is 9.11. The molecule has 1 heterocycles. The molecule has 0 aromatic carbocycles. The summed E-state index contributed by atoms with van der Waals surface area (Å²) in [5.74, 6) is 0.619. The van der Waals surface area contributed by atoms with Crippen molar-refractivity contribution in [2.24, 2.45) is 11.7 Å². The summed E-state index contributed by atoms with van der Waals surface area (Å²) >= 11 is 4.65. The average Bonchev–Trinajstić information content (AvgIpc) is 2.58. The maximum Gasteiger partial charge on any atom is 0.242 e. The molecule has 0 saturated heterocycles. The number of hydrogen-bond acceptors (Lipinski definition) is 4. The van der Waals surface area contributed by atoms with Crippen LogP contribution in [0.3, 0.4) is 0 Å². The van der Waals surface area contributed by atoms with E-state index in [0.717, 1.165) is 17.7 Å². The van der Waals surface area contributed by atoms with Crippen molar-refractivity contribution in [2.75, 3.05) is 0 Å². The van der Waals surface area contributed by atoms with E-state index >= 15 is 0 Å². The average molecular weight is 339 g/mol. The van der Waals surface area contributed by atoms with Gasteiger partial charge < -0.3 is 5.73 Å². The molecule has 4 nitrogen and oxygen atoms in total. The van der Waals surface area contributed by atoms with Crippen molar-refractivity contribution in [1.82, 2.24) is 4.72 Å². The summed E-state index contributed by atoms with van der Waals surface area (Å²) in [6.45, 7) is 2.48. The second-order valence-corrected chi connectivity index (χ2v) is 8.59. The molecule has 17 heavy (non-hydrogen) atoms. The van der Waals surface area contributed by atoms with E-state index in [-0.39, 0.29) is 6.04 Å². The third-order valence-electron chi connectivity index (χ3n) is 2.89. The van der Waals surface area contributed by atoms with Gasteiger partial charge in [0.1, 0.15) is 4.90 Å². The summed E-state index contributed by atoms with van der Waals surface area (Å²) in [5.41, 5.74) is 5.51. The maximum atomic E-state index is 12.1. The topological polar surface area (TPSA) is 72.2 Å². The van der Waals surface area contributed by atoms with Gasteiger partial charge in [0, 0.05) is 17.5 Å². The fourth-order valence-electron chi connectivity index (χ4n) is 1.96. The van der Waals surface area contributed by atoms with Crippen LogP contribution >= 0.6 is 27.3 Å². The van der Waals surface area contributed by atoms with Gasteiger partial charge in [-0.2, -0.15) is 0 Å². The van der Waals surface area contributed by atoms with E-state index in [9.17, 15) is 8.42 Å². The molecule has 1 fully saturated rings. The SMILES string of the molecule is CC1CC(NS(=O)(=O)c2cc(CN)sc2Br)C1. The lowest BCUT2D eigenvalue weighted by Gasteiger charge is -2.32. The van der Waals surface area contributed by atoms with Gasteiger partial charge in [-0.05, 0) is 40.8 Å². The predicted molar refractivity (Wildman–Crippen MR) is 72.4 cm³/mol. The van der Waals surface area contributed by atoms with E-state index in [1.165, 1.54) is 11.3 Å². The number of nitrogens with two attached hydrogens (primary N) is 1. The van der Waals surface area contributed by atoms with Gasteiger partial charge in [-0.1, -0.05) is 6.92 Å². The number of nitrogens with one attached hydrogen (secondary N) is 1. The Balaban J connectivity index is 2.16. The summed E-state index contributed by atoms with van der Waals surface area (Å²) in [4.78, 5) is 1.17. The molecule has 96 valence electrons. The molecule has 0 radical (unpaired) electrons. The lowest BCUT2D eigenvalue weighted by atomic mass is 9.83. The van der Waals surface area contributed by atoms with Crippen molar-refractivity contribution >= 4 is 37.3 Å². The molecule has 0 atom stereocenters. The summed E-state index contributed by atoms with van der Waals surface area (Å²) in [5, 5.41) is 0. The quantitative estimate of drug-likeness (QED) is 0.882. The Bertz CT molecular complexity index is 506. The van der Waals surface area contributed by atoms with Crippen LogP contribution in [0.25, 0.3) is 0 Å². The number of halogens is 1. The van der Waals surface area contributed by atoms with Gasteiger partial charge in [0.25, 0.3) is 0 Å². The molecule has 0 spiro atoms. The molecule has 0 aliphatic heterocycles. The molecule has 3 N–H and O–H groups in total. The summed E-state index contributed by atoms with van der Waals surface area (Å²) in [6.07, 6.45) is 1.84. The zero-order valence-electron chi connectivity index (χ0n) is 9.44. The van der Waals surface area contributed by atoms with Crippen molar-refractivity contribution < 1.29 is 8.42 Å². The standard InChI is InChI=1S/C10H15BrN2O2S2/c1-6-2-7(3-6)13-17(14,15)9-4-8(5-12)16-10(9)11/h4,6-7,13H,2-3,5,12H2,1H3. The monoisotopic (exact) mass is 338 g/mol. The second-order valence-electron chi connectivity index (χ2n) is 4.45. The largest absolute Gasteiger partial charge is 0.326 e. The predicted octanol–water partition coefficient (Wildman–Crippen LogP) is 2.05. The van der Waals surface area contributed by atoms with Gasteiger partial charge >= 0.3 is 0 Å². The molecule has 7 heteroatoms. The normalized spacial score (nSPS) is 24.6. The van der Waals surface area contributed by atoms with Crippen molar-refractivity contribution in [1.29, 1.82) is 0 Å². The van der Waals surface area contributed by atoms with Gasteiger partial charge in [0.2, 0.25) is 10.0 Å². The Morgan fingerprint density at radius 1 is 1.59 bits per heavy atom. The molecule has 1 aromatic heterocycles. The van der Waals surface area contributed by atoms with Gasteiger partial charge in [0.05, 0.1) is 3.79 Å². The van der Waals surface area contributed by atoms with Crippen LogP contribution in [-0.2, 0) is 16.6 Å². The highest BCUT2D eigenvalue weighted by Crippen LogP contribution is 2.33. The van der Waals surface area contributed by atoms with Gasteiger partial charge in [-0.25, -0.2) is 13.1 Å². The molecule has 0 bridgehead atoms. The fourth-order valence-corrected chi connectivity index (χ4v) is 5.79. The first-order chi connectivity index (χ1) is 7.92. The number of thiophene rings is 1. The van der Waals surface area contributed by atoms with Crippen LogP contribution in [0.2, 0.25) is 0 Å². The van der Waals surface area contributed by atoms with Crippen LogP contribution in [0.1, 0.15) is 24.6 Å². The summed E-state index contributed by atoms with van der Waals surface area (Å²) in [6, 6.07) is 1.72. The Labute approximate surface area is 114 Å². The summed E-state index contributed by atoms with van der Waals surface area (Å²) in [7, 11) is -3.41. The van der Waals surface area contributed by atoms with E-state index in [1.54, 1.807) is 6.07 Å². The van der Waals surface area contributed by atoms with E-state index in [0.29, 0.717) is 21.1 Å². The first kappa shape index (κ1) is 13.5. The van der Waals surface area contributed by atoms with Crippen LogP contribution in [0, 0.1) is 5.92 Å². The van der Waals surface area contributed by atoms with Crippen molar-refractivity contribution in [3.05, 3.63) is 14.7 Å². The highest BCUT2D eigenvalue weighted by atomic mass is 79.9. The minimum absolute atomic E-state index is 0.0862.